The molecule has 2 aromatic rings. The maximum absolute atomic E-state index is 13.0. The summed E-state index contributed by atoms with van der Waals surface area (Å²) in [4.78, 5) is 38.6. The van der Waals surface area contributed by atoms with Crippen LogP contribution < -0.4 is 0 Å². The van der Waals surface area contributed by atoms with E-state index in [1.165, 1.54) is 24.1 Å². The van der Waals surface area contributed by atoms with Crippen LogP contribution in [0.5, 0.6) is 0 Å². The first-order valence-corrected chi connectivity index (χ1v) is 11.5. The maximum Gasteiger partial charge on any atom is 0.410 e. The molecule has 0 spiro atoms. The molecule has 1 aliphatic rings. The molecule has 0 aromatic heterocycles. The van der Waals surface area contributed by atoms with Gasteiger partial charge in [-0.25, -0.2) is 9.59 Å². The molecule has 0 aliphatic heterocycles. The molecule has 1 fully saturated rings. The molecule has 1 N–H and O–H groups in total. The Bertz CT molecular complexity index is 1100. The van der Waals surface area contributed by atoms with Crippen LogP contribution in [0.15, 0.2) is 42.5 Å². The van der Waals surface area contributed by atoms with Crippen molar-refractivity contribution < 1.29 is 29.0 Å². The Kier molecular flexibility index (Phi) is 7.48. The van der Waals surface area contributed by atoms with Gasteiger partial charge in [0.25, 0.3) is 0 Å². The predicted octanol–water partition coefficient (Wildman–Crippen LogP) is 5.56. The third-order valence-electron chi connectivity index (χ3n) is 5.76. The van der Waals surface area contributed by atoms with Crippen molar-refractivity contribution in [1.82, 2.24) is 4.90 Å². The fourth-order valence-corrected chi connectivity index (χ4v) is 4.29. The van der Waals surface area contributed by atoms with E-state index in [0.717, 1.165) is 5.56 Å². The molecule has 1 aliphatic carbocycles. The lowest BCUT2D eigenvalue weighted by Gasteiger charge is -2.28. The summed E-state index contributed by atoms with van der Waals surface area (Å²) in [5.41, 5.74) is -0.103. The van der Waals surface area contributed by atoms with Crippen LogP contribution in [-0.4, -0.2) is 47.3 Å². The van der Waals surface area contributed by atoms with Gasteiger partial charge in [-0.3, -0.25) is 4.79 Å². The zero-order chi connectivity index (χ0) is 25.3. The number of rotatable bonds is 7. The average Bonchev–Trinajstić information content (AvgIpc) is 3.48. The van der Waals surface area contributed by atoms with E-state index in [1.54, 1.807) is 51.1 Å². The highest BCUT2D eigenvalue weighted by Crippen LogP contribution is 2.56. The Hall–Kier alpha value is -2.77. The number of esters is 1. The van der Waals surface area contributed by atoms with E-state index < -0.39 is 29.0 Å². The molecule has 7 nitrogen and oxygen atoms in total. The Morgan fingerprint density at radius 2 is 1.74 bits per heavy atom. The lowest BCUT2D eigenvalue weighted by atomic mass is 9.93. The van der Waals surface area contributed by atoms with Crippen molar-refractivity contribution >= 4 is 41.2 Å². The second kappa shape index (κ2) is 9.84. The second-order valence-corrected chi connectivity index (χ2v) is 10.2. The van der Waals surface area contributed by atoms with Gasteiger partial charge in [0.15, 0.2) is 0 Å². The summed E-state index contributed by atoms with van der Waals surface area (Å²) >= 11 is 12.3. The highest BCUT2D eigenvalue weighted by Gasteiger charge is 2.62. The van der Waals surface area contributed by atoms with Gasteiger partial charge in [-0.05, 0) is 68.5 Å². The number of nitrogens with zero attached hydrogens (tertiary/aromatic N) is 1. The molecule has 34 heavy (non-hydrogen) atoms. The summed E-state index contributed by atoms with van der Waals surface area (Å²) in [6.07, 6.45) is -0.0656. The molecule has 0 bridgehead atoms. The number of carbonyl (C=O) groups excluding carboxylic acids is 2. The topological polar surface area (TPSA) is 93.1 Å². The van der Waals surface area contributed by atoms with Crippen LogP contribution in [0.4, 0.5) is 4.79 Å². The van der Waals surface area contributed by atoms with Gasteiger partial charge in [0.2, 0.25) is 0 Å². The van der Waals surface area contributed by atoms with Crippen molar-refractivity contribution in [2.24, 2.45) is 5.92 Å². The van der Waals surface area contributed by atoms with Crippen molar-refractivity contribution in [3.8, 4) is 0 Å². The summed E-state index contributed by atoms with van der Waals surface area (Å²) < 4.78 is 10.7. The number of methoxy groups -OCH3 is 1. The fourth-order valence-electron chi connectivity index (χ4n) is 4.00. The first-order valence-electron chi connectivity index (χ1n) is 10.7. The highest BCUT2D eigenvalue weighted by atomic mass is 35.5. The first kappa shape index (κ1) is 25.8. The van der Waals surface area contributed by atoms with E-state index in [0.29, 0.717) is 22.0 Å². The Morgan fingerprint density at radius 3 is 2.26 bits per heavy atom. The van der Waals surface area contributed by atoms with Crippen molar-refractivity contribution in [1.29, 1.82) is 0 Å². The molecule has 2 atom stereocenters. The summed E-state index contributed by atoms with van der Waals surface area (Å²) in [6, 6.07) is 11.3. The number of amides is 1. The van der Waals surface area contributed by atoms with Gasteiger partial charge in [0.1, 0.15) is 5.60 Å². The van der Waals surface area contributed by atoms with Crippen molar-refractivity contribution in [2.75, 3.05) is 13.7 Å². The smallest absolute Gasteiger partial charge is 0.410 e. The molecule has 3 rings (SSSR count). The third kappa shape index (κ3) is 5.65. The molecule has 0 unspecified atom stereocenters. The Labute approximate surface area is 208 Å². The molecule has 9 heteroatoms. The lowest BCUT2D eigenvalue weighted by Crippen LogP contribution is -2.39. The quantitative estimate of drug-likeness (QED) is 0.493. The Balaban J connectivity index is 1.88. The molecule has 182 valence electrons. The van der Waals surface area contributed by atoms with Crippen LogP contribution in [0, 0.1) is 5.92 Å². The van der Waals surface area contributed by atoms with Crippen LogP contribution >= 0.6 is 23.2 Å². The van der Waals surface area contributed by atoms with Crippen LogP contribution in [-0.2, 0) is 26.2 Å². The molecular weight excluding hydrogens is 481 g/mol. The molecule has 1 saturated carbocycles. The molecule has 0 saturated heterocycles. The minimum absolute atomic E-state index is 0.152. The standard InChI is InChI=1S/C25H27Cl2NO6/c1-24(2,3)34-23(32)28(13-15-5-7-16(8-6-15)21(29)30)14-18-12-25(18,22(31)33-4)17-9-10-19(26)20(27)11-17/h5-11,18H,12-14H2,1-4H3,(H,29,30)/t18-,25-/m1/s1. The molecule has 1 amide bonds. The molecule has 0 heterocycles. The minimum atomic E-state index is -1.03. The van der Waals surface area contributed by atoms with E-state index in [2.05, 4.69) is 0 Å². The lowest BCUT2D eigenvalue weighted by molar-refractivity contribution is -0.144. The first-order chi connectivity index (χ1) is 15.9. The zero-order valence-electron chi connectivity index (χ0n) is 19.4. The van der Waals surface area contributed by atoms with Gasteiger partial charge in [0.05, 0.1) is 28.1 Å². The monoisotopic (exact) mass is 507 g/mol. The van der Waals surface area contributed by atoms with Gasteiger partial charge >= 0.3 is 18.0 Å². The van der Waals surface area contributed by atoms with E-state index in [1.807, 2.05) is 0 Å². The van der Waals surface area contributed by atoms with Gasteiger partial charge < -0.3 is 19.5 Å². The van der Waals surface area contributed by atoms with Gasteiger partial charge in [-0.1, -0.05) is 41.4 Å². The van der Waals surface area contributed by atoms with Crippen LogP contribution in [0.25, 0.3) is 0 Å². The van der Waals surface area contributed by atoms with Crippen LogP contribution in [0.3, 0.4) is 0 Å². The number of hydrogen-bond donors (Lipinski definition) is 1. The predicted molar refractivity (Wildman–Crippen MR) is 128 cm³/mol. The van der Waals surface area contributed by atoms with Gasteiger partial charge in [0, 0.05) is 13.1 Å². The number of hydrogen-bond acceptors (Lipinski definition) is 5. The fraction of sp³-hybridized carbons (Fsp3) is 0.400. The summed E-state index contributed by atoms with van der Waals surface area (Å²) in [5, 5.41) is 9.84. The molecule has 0 radical (unpaired) electrons. The SMILES string of the molecule is COC(=O)[C@@]1(c2ccc(Cl)c(Cl)c2)C[C@@H]1CN(Cc1ccc(C(=O)O)cc1)C(=O)OC(C)(C)C. The summed E-state index contributed by atoms with van der Waals surface area (Å²) in [7, 11) is 1.33. The van der Waals surface area contributed by atoms with E-state index in [9.17, 15) is 14.4 Å². The summed E-state index contributed by atoms with van der Waals surface area (Å²) in [5.74, 6) is -1.67. The number of benzene rings is 2. The van der Waals surface area contributed by atoms with E-state index in [4.69, 9.17) is 37.8 Å². The number of carbonyl (C=O) groups is 3. The van der Waals surface area contributed by atoms with E-state index in [-0.39, 0.29) is 24.6 Å². The van der Waals surface area contributed by atoms with E-state index >= 15 is 0 Å². The van der Waals surface area contributed by atoms with Gasteiger partial charge in [-0.15, -0.1) is 0 Å². The molecule has 2 aromatic carbocycles. The maximum atomic E-state index is 13.0. The van der Waals surface area contributed by atoms with Crippen LogP contribution in [0.2, 0.25) is 10.0 Å². The van der Waals surface area contributed by atoms with Crippen molar-refractivity contribution in [3.05, 3.63) is 69.2 Å². The largest absolute Gasteiger partial charge is 0.478 e. The number of carboxylic acid groups (broad SMARTS) is 1. The van der Waals surface area contributed by atoms with Crippen molar-refractivity contribution in [3.63, 3.8) is 0 Å². The number of halogens is 2. The summed E-state index contributed by atoms with van der Waals surface area (Å²) in [6.45, 7) is 5.73. The third-order valence-corrected chi connectivity index (χ3v) is 6.50. The number of ether oxygens (including phenoxy) is 2. The minimum Gasteiger partial charge on any atom is -0.478 e. The van der Waals surface area contributed by atoms with Gasteiger partial charge in [-0.2, -0.15) is 0 Å². The van der Waals surface area contributed by atoms with Crippen molar-refractivity contribution in [2.45, 2.75) is 44.8 Å². The van der Waals surface area contributed by atoms with Crippen LogP contribution in [0.1, 0.15) is 48.7 Å². The highest BCUT2D eigenvalue weighted by molar-refractivity contribution is 6.42. The molecular formula is C25H27Cl2NO6. The average molecular weight is 508 g/mol. The Morgan fingerprint density at radius 1 is 1.09 bits per heavy atom. The number of carboxylic acids is 1. The second-order valence-electron chi connectivity index (χ2n) is 9.36. The zero-order valence-corrected chi connectivity index (χ0v) is 20.9. The number of aromatic carboxylic acids is 1. The normalized spacial score (nSPS) is 19.3.